The number of rotatable bonds is 7. The summed E-state index contributed by atoms with van der Waals surface area (Å²) in [7, 11) is 0. The third kappa shape index (κ3) is 4.40. The molecule has 0 atom stereocenters. The monoisotopic (exact) mass is 412 g/mol. The highest BCUT2D eigenvalue weighted by Gasteiger charge is 2.54. The number of carbonyl (C=O) groups excluding carboxylic acids is 4. The molecule has 160 valence electrons. The largest absolute Gasteiger partial charge is 0.454 e. The summed E-state index contributed by atoms with van der Waals surface area (Å²) in [5.41, 5.74) is 0.629. The molecule has 0 radical (unpaired) electrons. The summed E-state index contributed by atoms with van der Waals surface area (Å²) in [6.45, 7) is 0.768. The number of anilines is 1. The summed E-state index contributed by atoms with van der Waals surface area (Å²) in [6.07, 6.45) is 6.54. The van der Waals surface area contributed by atoms with Gasteiger partial charge >= 0.3 is 5.97 Å². The van der Waals surface area contributed by atoms with Gasteiger partial charge in [0.15, 0.2) is 12.4 Å². The summed E-state index contributed by atoms with van der Waals surface area (Å²) in [5, 5.41) is 5.34. The number of benzene rings is 1. The predicted molar refractivity (Wildman–Crippen MR) is 110 cm³/mol. The summed E-state index contributed by atoms with van der Waals surface area (Å²) in [4.78, 5) is 48.3. The first-order valence-corrected chi connectivity index (χ1v) is 10.7. The van der Waals surface area contributed by atoms with Gasteiger partial charge in [0, 0.05) is 16.7 Å². The number of Topliss-reactive ketones (excluding diaryl/α,β-unsaturated/α-hetero) is 1. The fraction of sp³-hybridized carbons (Fsp3) is 0.565. The Hall–Kier alpha value is -2.70. The van der Waals surface area contributed by atoms with Crippen LogP contribution in [0.25, 0.3) is 0 Å². The highest BCUT2D eigenvalue weighted by molar-refractivity contribution is 5.97. The Kier molecular flexibility index (Phi) is 5.62. The first-order chi connectivity index (χ1) is 14.3. The smallest absolute Gasteiger partial charge is 0.325 e. The highest BCUT2D eigenvalue weighted by atomic mass is 16.5. The normalized spacial score (nSPS) is 28.6. The van der Waals surface area contributed by atoms with Crippen molar-refractivity contribution in [3.8, 4) is 0 Å². The van der Waals surface area contributed by atoms with E-state index < -0.39 is 18.5 Å². The molecular weight excluding hydrogens is 384 g/mol. The average molecular weight is 412 g/mol. The Labute approximate surface area is 175 Å². The zero-order valence-electron chi connectivity index (χ0n) is 17.2. The molecule has 0 unspecified atom stereocenters. The number of ketones is 1. The summed E-state index contributed by atoms with van der Waals surface area (Å²) < 4.78 is 4.99. The number of hydrogen-bond acceptors (Lipinski definition) is 5. The third-order valence-corrected chi connectivity index (χ3v) is 6.83. The third-order valence-electron chi connectivity index (χ3n) is 6.83. The number of esters is 1. The van der Waals surface area contributed by atoms with Gasteiger partial charge in [0.1, 0.15) is 6.54 Å². The molecule has 4 saturated carbocycles. The fourth-order valence-corrected chi connectivity index (χ4v) is 5.94. The summed E-state index contributed by atoms with van der Waals surface area (Å²) in [6, 6.07) is 6.54. The molecule has 7 heteroatoms. The van der Waals surface area contributed by atoms with E-state index in [1.54, 1.807) is 24.3 Å². The highest BCUT2D eigenvalue weighted by Crippen LogP contribution is 2.60. The Morgan fingerprint density at radius 3 is 2.27 bits per heavy atom. The molecule has 30 heavy (non-hydrogen) atoms. The molecule has 0 aromatic heterocycles. The topological polar surface area (TPSA) is 102 Å². The maximum absolute atomic E-state index is 12.8. The molecule has 4 aliphatic rings. The van der Waals surface area contributed by atoms with Crippen molar-refractivity contribution < 1.29 is 23.9 Å². The Morgan fingerprint density at radius 1 is 1.03 bits per heavy atom. The van der Waals surface area contributed by atoms with Crippen molar-refractivity contribution in [3.63, 3.8) is 0 Å². The van der Waals surface area contributed by atoms with Crippen LogP contribution in [0.5, 0.6) is 0 Å². The van der Waals surface area contributed by atoms with Crippen molar-refractivity contribution in [1.29, 1.82) is 0 Å². The molecule has 0 spiro atoms. The quantitative estimate of drug-likeness (QED) is 0.530. The molecule has 7 nitrogen and oxygen atoms in total. The molecule has 0 heterocycles. The van der Waals surface area contributed by atoms with Crippen LogP contribution in [-0.4, -0.2) is 36.7 Å². The van der Waals surface area contributed by atoms with Crippen LogP contribution in [0.15, 0.2) is 24.3 Å². The minimum atomic E-state index is -0.638. The van der Waals surface area contributed by atoms with Crippen LogP contribution in [0.1, 0.15) is 55.8 Å². The van der Waals surface area contributed by atoms with Crippen molar-refractivity contribution in [2.45, 2.75) is 45.4 Å². The van der Waals surface area contributed by atoms with E-state index in [1.807, 2.05) is 0 Å². The molecule has 4 fully saturated rings. The van der Waals surface area contributed by atoms with E-state index in [9.17, 15) is 19.2 Å². The Balaban J connectivity index is 1.22. The lowest BCUT2D eigenvalue weighted by atomic mass is 9.49. The lowest BCUT2D eigenvalue weighted by molar-refractivity contribution is -0.152. The second kappa shape index (κ2) is 8.20. The number of ether oxygens (including phenoxy) is 1. The van der Waals surface area contributed by atoms with Crippen LogP contribution in [-0.2, 0) is 19.1 Å². The van der Waals surface area contributed by atoms with Crippen LogP contribution in [0.3, 0.4) is 0 Å². The van der Waals surface area contributed by atoms with Gasteiger partial charge in [-0.05, 0) is 75.3 Å². The van der Waals surface area contributed by atoms with Crippen LogP contribution in [0.2, 0.25) is 0 Å². The molecule has 0 aliphatic heterocycles. The van der Waals surface area contributed by atoms with Gasteiger partial charge in [-0.15, -0.1) is 0 Å². The molecule has 4 aliphatic carbocycles. The van der Waals surface area contributed by atoms with Gasteiger partial charge in [0.25, 0.3) is 5.91 Å². The number of amides is 2. The maximum Gasteiger partial charge on any atom is 0.325 e. The van der Waals surface area contributed by atoms with Crippen molar-refractivity contribution >= 4 is 29.3 Å². The van der Waals surface area contributed by atoms with Gasteiger partial charge in [-0.2, -0.15) is 0 Å². The van der Waals surface area contributed by atoms with Crippen LogP contribution in [0, 0.1) is 23.2 Å². The van der Waals surface area contributed by atoms with Gasteiger partial charge in [-0.3, -0.25) is 19.2 Å². The van der Waals surface area contributed by atoms with Gasteiger partial charge in [0.05, 0.1) is 0 Å². The molecule has 5 rings (SSSR count). The van der Waals surface area contributed by atoms with E-state index >= 15 is 0 Å². The van der Waals surface area contributed by atoms with E-state index in [2.05, 4.69) is 10.6 Å². The van der Waals surface area contributed by atoms with Crippen LogP contribution < -0.4 is 10.6 Å². The van der Waals surface area contributed by atoms with Crippen molar-refractivity contribution in [1.82, 2.24) is 5.32 Å². The zero-order valence-corrected chi connectivity index (χ0v) is 17.2. The minimum absolute atomic E-state index is 0.0379. The molecule has 1 aromatic rings. The van der Waals surface area contributed by atoms with Gasteiger partial charge in [-0.1, -0.05) is 12.1 Å². The lowest BCUT2D eigenvalue weighted by Crippen LogP contribution is -2.54. The zero-order chi connectivity index (χ0) is 21.3. The first-order valence-electron chi connectivity index (χ1n) is 10.7. The fourth-order valence-electron chi connectivity index (χ4n) is 5.94. The molecule has 2 amide bonds. The van der Waals surface area contributed by atoms with Gasteiger partial charge < -0.3 is 15.4 Å². The van der Waals surface area contributed by atoms with E-state index in [4.69, 9.17) is 4.74 Å². The number of nitrogens with one attached hydrogen (secondary N) is 2. The maximum atomic E-state index is 12.8. The molecule has 0 saturated heterocycles. The van der Waals surface area contributed by atoms with Crippen LogP contribution in [0.4, 0.5) is 5.69 Å². The second-order valence-electron chi connectivity index (χ2n) is 9.23. The van der Waals surface area contributed by atoms with Crippen molar-refractivity contribution in [3.05, 3.63) is 29.8 Å². The molecule has 4 bridgehead atoms. The van der Waals surface area contributed by atoms with Crippen molar-refractivity contribution in [2.75, 3.05) is 18.5 Å². The number of carbonyl (C=O) groups is 4. The standard InChI is InChI=1S/C23H28N2O5/c1-14(26)18-3-2-4-19(8-18)25-20(27)13-30-21(28)12-24-22(29)23-9-15-5-16(10-23)7-17(6-15)11-23/h2-4,8,15-17H,5-7,9-13H2,1H3,(H,24,29)(H,25,27). The summed E-state index contributed by atoms with van der Waals surface area (Å²) >= 11 is 0. The van der Waals surface area contributed by atoms with E-state index in [1.165, 1.54) is 26.2 Å². The van der Waals surface area contributed by atoms with Crippen LogP contribution >= 0.6 is 0 Å². The average Bonchev–Trinajstić information content (AvgIpc) is 2.69. The van der Waals surface area contributed by atoms with Crippen molar-refractivity contribution in [2.24, 2.45) is 23.2 Å². The number of hydrogen-bond donors (Lipinski definition) is 2. The minimum Gasteiger partial charge on any atom is -0.454 e. The van der Waals surface area contributed by atoms with Gasteiger partial charge in [0.2, 0.25) is 5.91 Å². The Morgan fingerprint density at radius 2 is 1.67 bits per heavy atom. The summed E-state index contributed by atoms with van der Waals surface area (Å²) in [5.74, 6) is 0.672. The van der Waals surface area contributed by atoms with E-state index in [0.29, 0.717) is 29.0 Å². The molecule has 1 aromatic carbocycles. The van der Waals surface area contributed by atoms with E-state index in [-0.39, 0.29) is 23.7 Å². The van der Waals surface area contributed by atoms with E-state index in [0.717, 1.165) is 19.3 Å². The van der Waals surface area contributed by atoms with Gasteiger partial charge in [-0.25, -0.2) is 0 Å². The first kappa shape index (κ1) is 20.6. The SMILES string of the molecule is CC(=O)c1cccc(NC(=O)COC(=O)CNC(=O)C23CC4CC(CC(C4)C2)C3)c1. The molecular formula is C23H28N2O5. The predicted octanol–water partition coefficient (Wildman–Crippen LogP) is 2.70. The Bertz CT molecular complexity index is 843. The second-order valence-corrected chi connectivity index (χ2v) is 9.23. The molecule has 2 N–H and O–H groups in total. The lowest BCUT2D eigenvalue weighted by Gasteiger charge is -2.55.